The lowest BCUT2D eigenvalue weighted by Gasteiger charge is -2.27. The van der Waals surface area contributed by atoms with Gasteiger partial charge < -0.3 is 23.7 Å². The molecule has 0 N–H and O–H groups in total. The second-order valence-electron chi connectivity index (χ2n) is 5.06. The van der Waals surface area contributed by atoms with Crippen molar-refractivity contribution in [3.05, 3.63) is 11.6 Å². The van der Waals surface area contributed by atoms with Crippen LogP contribution >= 0.6 is 0 Å². The van der Waals surface area contributed by atoms with E-state index >= 15 is 0 Å². The van der Waals surface area contributed by atoms with E-state index < -0.39 is 17.9 Å². The van der Waals surface area contributed by atoms with Crippen molar-refractivity contribution in [1.29, 1.82) is 0 Å². The topological polar surface area (TPSA) is 63.2 Å². The molecule has 3 atom stereocenters. The Bertz CT molecular complexity index is 375. The minimum absolute atomic E-state index is 0.164. The van der Waals surface area contributed by atoms with Crippen LogP contribution in [0.1, 0.15) is 20.3 Å². The van der Waals surface area contributed by atoms with Crippen LogP contribution in [0.4, 0.5) is 0 Å². The van der Waals surface area contributed by atoms with Crippen LogP contribution in [0.5, 0.6) is 0 Å². The van der Waals surface area contributed by atoms with E-state index in [1.54, 1.807) is 13.2 Å². The number of esters is 1. The van der Waals surface area contributed by atoms with Crippen molar-refractivity contribution in [3.8, 4) is 0 Å². The molecule has 1 aliphatic heterocycles. The first kappa shape index (κ1) is 14.5. The lowest BCUT2D eigenvalue weighted by atomic mass is 9.92. The largest absolute Gasteiger partial charge is 0.466 e. The minimum atomic E-state index is -0.710. The van der Waals surface area contributed by atoms with Gasteiger partial charge in [0.15, 0.2) is 5.79 Å². The van der Waals surface area contributed by atoms with Gasteiger partial charge in [0.1, 0.15) is 12.9 Å². The average molecular weight is 272 g/mol. The van der Waals surface area contributed by atoms with E-state index in [9.17, 15) is 4.79 Å². The Morgan fingerprint density at radius 2 is 2.16 bits per heavy atom. The monoisotopic (exact) mass is 272 g/mol. The SMILES string of the molecule is COCO[C@@H]1C=C(C(=O)OC)[C@H]2OC(C)(C)O[C@H]2C1. The van der Waals surface area contributed by atoms with Crippen LogP contribution in [0.3, 0.4) is 0 Å². The summed E-state index contributed by atoms with van der Waals surface area (Å²) in [6, 6.07) is 0. The summed E-state index contributed by atoms with van der Waals surface area (Å²) in [6.07, 6.45) is 1.50. The molecule has 0 amide bonds. The minimum Gasteiger partial charge on any atom is -0.466 e. The summed E-state index contributed by atoms with van der Waals surface area (Å²) in [6.45, 7) is 3.81. The Morgan fingerprint density at radius 1 is 1.42 bits per heavy atom. The van der Waals surface area contributed by atoms with Gasteiger partial charge in [0.2, 0.25) is 0 Å². The Labute approximate surface area is 112 Å². The molecule has 1 heterocycles. The van der Waals surface area contributed by atoms with Crippen LogP contribution in [0, 0.1) is 0 Å². The molecule has 0 aromatic carbocycles. The van der Waals surface area contributed by atoms with E-state index in [4.69, 9.17) is 23.7 Å². The molecule has 0 saturated carbocycles. The third-order valence-corrected chi connectivity index (χ3v) is 3.14. The zero-order valence-corrected chi connectivity index (χ0v) is 11.7. The number of rotatable bonds is 4. The maximum Gasteiger partial charge on any atom is 0.336 e. The summed E-state index contributed by atoms with van der Waals surface area (Å²) >= 11 is 0. The first-order valence-corrected chi connectivity index (χ1v) is 6.23. The molecule has 0 radical (unpaired) electrons. The van der Waals surface area contributed by atoms with Crippen molar-refractivity contribution in [1.82, 2.24) is 0 Å². The highest BCUT2D eigenvalue weighted by molar-refractivity contribution is 5.90. The number of methoxy groups -OCH3 is 2. The third-order valence-electron chi connectivity index (χ3n) is 3.14. The van der Waals surface area contributed by atoms with E-state index in [2.05, 4.69) is 0 Å². The predicted molar refractivity (Wildman–Crippen MR) is 65.3 cm³/mol. The van der Waals surface area contributed by atoms with Gasteiger partial charge in [0.05, 0.1) is 24.9 Å². The fourth-order valence-electron chi connectivity index (χ4n) is 2.44. The Morgan fingerprint density at radius 3 is 2.79 bits per heavy atom. The predicted octanol–water partition coefficient (Wildman–Crippen LogP) is 0.999. The summed E-state index contributed by atoms with van der Waals surface area (Å²) in [7, 11) is 2.90. The zero-order valence-electron chi connectivity index (χ0n) is 11.7. The fraction of sp³-hybridized carbons (Fsp3) is 0.769. The van der Waals surface area contributed by atoms with Crippen molar-refractivity contribution in [2.75, 3.05) is 21.0 Å². The highest BCUT2D eigenvalue weighted by Gasteiger charge is 2.48. The third kappa shape index (κ3) is 3.14. The second-order valence-corrected chi connectivity index (χ2v) is 5.06. The molecule has 1 fully saturated rings. The Balaban J connectivity index is 2.18. The van der Waals surface area contributed by atoms with E-state index in [1.165, 1.54) is 7.11 Å². The van der Waals surface area contributed by atoms with E-state index in [1.807, 2.05) is 13.8 Å². The molecule has 6 heteroatoms. The van der Waals surface area contributed by atoms with Crippen LogP contribution in [0.25, 0.3) is 0 Å². The normalized spacial score (nSPS) is 32.6. The molecule has 19 heavy (non-hydrogen) atoms. The highest BCUT2D eigenvalue weighted by atomic mass is 16.8. The summed E-state index contributed by atoms with van der Waals surface area (Å²) in [5.74, 6) is -1.12. The Hall–Kier alpha value is -0.950. The number of hydrogen-bond donors (Lipinski definition) is 0. The van der Waals surface area contributed by atoms with Gasteiger partial charge in [-0.3, -0.25) is 0 Å². The molecule has 2 rings (SSSR count). The van der Waals surface area contributed by atoms with Gasteiger partial charge in [0, 0.05) is 13.5 Å². The number of carbonyl (C=O) groups excluding carboxylic acids is 1. The summed E-state index contributed by atoms with van der Waals surface area (Å²) in [5, 5.41) is 0. The van der Waals surface area contributed by atoms with Crippen LogP contribution in [0.2, 0.25) is 0 Å². The van der Waals surface area contributed by atoms with E-state index in [0.717, 1.165) is 0 Å². The maximum atomic E-state index is 11.8. The summed E-state index contributed by atoms with van der Waals surface area (Å²) < 4.78 is 26.7. The molecule has 1 aliphatic carbocycles. The van der Waals surface area contributed by atoms with Gasteiger partial charge in [-0.2, -0.15) is 0 Å². The molecule has 2 aliphatic rings. The zero-order chi connectivity index (χ0) is 14.0. The molecule has 0 bridgehead atoms. The van der Waals surface area contributed by atoms with Gasteiger partial charge in [-0.25, -0.2) is 4.79 Å². The van der Waals surface area contributed by atoms with Crippen molar-refractivity contribution in [2.24, 2.45) is 0 Å². The average Bonchev–Trinajstić information content (AvgIpc) is 2.68. The van der Waals surface area contributed by atoms with Crippen molar-refractivity contribution in [2.45, 2.75) is 44.4 Å². The van der Waals surface area contributed by atoms with Crippen LogP contribution in [-0.2, 0) is 28.5 Å². The lowest BCUT2D eigenvalue weighted by Crippen LogP contribution is -2.37. The standard InChI is InChI=1S/C13H20O6/c1-13(2)18-10-6-8(17-7-15-3)5-9(11(10)19-13)12(14)16-4/h5,8,10-11H,6-7H2,1-4H3/t8-,10+,11-/m1/s1. The second kappa shape index (κ2) is 5.58. The molecular formula is C13H20O6. The van der Waals surface area contributed by atoms with Crippen molar-refractivity contribution in [3.63, 3.8) is 0 Å². The quantitative estimate of drug-likeness (QED) is 0.562. The van der Waals surface area contributed by atoms with Crippen LogP contribution in [-0.4, -0.2) is 51.1 Å². The van der Waals surface area contributed by atoms with E-state index in [0.29, 0.717) is 12.0 Å². The van der Waals surface area contributed by atoms with Crippen molar-refractivity contribution < 1.29 is 28.5 Å². The van der Waals surface area contributed by atoms with E-state index in [-0.39, 0.29) is 19.0 Å². The first-order chi connectivity index (χ1) is 8.96. The van der Waals surface area contributed by atoms with Crippen molar-refractivity contribution >= 4 is 5.97 Å². The summed E-state index contributed by atoms with van der Waals surface area (Å²) in [4.78, 5) is 11.8. The van der Waals surface area contributed by atoms with Gasteiger partial charge in [0.25, 0.3) is 0 Å². The Kier molecular flexibility index (Phi) is 4.25. The lowest BCUT2D eigenvalue weighted by molar-refractivity contribution is -0.148. The molecule has 0 aromatic heterocycles. The molecule has 0 unspecified atom stereocenters. The number of ether oxygens (including phenoxy) is 5. The maximum absolute atomic E-state index is 11.8. The van der Waals surface area contributed by atoms with Gasteiger partial charge in [-0.05, 0) is 19.9 Å². The summed E-state index contributed by atoms with van der Waals surface area (Å²) in [5.41, 5.74) is 0.449. The molecule has 6 nitrogen and oxygen atoms in total. The van der Waals surface area contributed by atoms with Gasteiger partial charge in [-0.15, -0.1) is 0 Å². The molecule has 0 spiro atoms. The smallest absolute Gasteiger partial charge is 0.336 e. The number of carbonyl (C=O) groups is 1. The molecule has 1 saturated heterocycles. The molecular weight excluding hydrogens is 252 g/mol. The van der Waals surface area contributed by atoms with Crippen LogP contribution in [0.15, 0.2) is 11.6 Å². The van der Waals surface area contributed by atoms with Gasteiger partial charge in [-0.1, -0.05) is 0 Å². The highest BCUT2D eigenvalue weighted by Crippen LogP contribution is 2.38. The number of hydrogen-bond acceptors (Lipinski definition) is 6. The van der Waals surface area contributed by atoms with Gasteiger partial charge >= 0.3 is 5.97 Å². The molecule has 0 aromatic rings. The first-order valence-electron chi connectivity index (χ1n) is 6.23. The number of fused-ring (bicyclic) bond motifs is 1. The molecule has 108 valence electrons. The van der Waals surface area contributed by atoms with Crippen LogP contribution < -0.4 is 0 Å². The fourth-order valence-corrected chi connectivity index (χ4v) is 2.44.